The molecule has 0 aliphatic heterocycles. The van der Waals surface area contributed by atoms with E-state index in [-0.39, 0.29) is 5.69 Å². The number of carbonyl (C=O) groups excluding carboxylic acids is 1. The van der Waals surface area contributed by atoms with Gasteiger partial charge in [-0.1, -0.05) is 0 Å². The lowest BCUT2D eigenvalue weighted by molar-refractivity contribution is 0.0595. The molecule has 5 heteroatoms. The van der Waals surface area contributed by atoms with Gasteiger partial charge in [-0.3, -0.25) is 0 Å². The standard InChI is InChI=1S/C10H9NO3S/c1-6-3-4-15-9(6)8-7(10(12)13-2)11-5-14-8/h3-5H,1-2H3. The smallest absolute Gasteiger partial charge is 0.360 e. The van der Waals surface area contributed by atoms with Crippen LogP contribution in [-0.2, 0) is 4.74 Å². The Morgan fingerprint density at radius 3 is 3.00 bits per heavy atom. The average molecular weight is 223 g/mol. The number of rotatable bonds is 2. The molecule has 0 spiro atoms. The number of aryl methyl sites for hydroxylation is 1. The van der Waals surface area contributed by atoms with Crippen LogP contribution >= 0.6 is 11.3 Å². The van der Waals surface area contributed by atoms with E-state index in [0.29, 0.717) is 5.76 Å². The summed E-state index contributed by atoms with van der Waals surface area (Å²) in [4.78, 5) is 16.1. The molecule has 0 aromatic carbocycles. The van der Waals surface area contributed by atoms with E-state index in [1.165, 1.54) is 24.8 Å². The van der Waals surface area contributed by atoms with Gasteiger partial charge in [-0.25, -0.2) is 9.78 Å². The topological polar surface area (TPSA) is 52.3 Å². The van der Waals surface area contributed by atoms with Crippen LogP contribution in [0.15, 0.2) is 22.3 Å². The fourth-order valence-corrected chi connectivity index (χ4v) is 2.17. The maximum Gasteiger partial charge on any atom is 0.360 e. The Balaban J connectivity index is 2.50. The highest BCUT2D eigenvalue weighted by Gasteiger charge is 2.20. The van der Waals surface area contributed by atoms with Crippen LogP contribution in [0.1, 0.15) is 16.1 Å². The van der Waals surface area contributed by atoms with E-state index in [1.54, 1.807) is 0 Å². The van der Waals surface area contributed by atoms with Gasteiger partial charge in [-0.05, 0) is 23.9 Å². The van der Waals surface area contributed by atoms with E-state index >= 15 is 0 Å². The molecule has 2 rings (SSSR count). The van der Waals surface area contributed by atoms with Crippen LogP contribution < -0.4 is 0 Å². The molecule has 0 N–H and O–H groups in total. The number of nitrogens with zero attached hydrogens (tertiary/aromatic N) is 1. The molecule has 0 unspecified atom stereocenters. The van der Waals surface area contributed by atoms with Gasteiger partial charge in [0.05, 0.1) is 12.0 Å². The van der Waals surface area contributed by atoms with Crippen molar-refractivity contribution in [3.05, 3.63) is 29.1 Å². The fourth-order valence-electron chi connectivity index (χ4n) is 1.25. The van der Waals surface area contributed by atoms with Crippen molar-refractivity contribution in [2.45, 2.75) is 6.92 Å². The minimum absolute atomic E-state index is 0.225. The van der Waals surface area contributed by atoms with Gasteiger partial charge < -0.3 is 9.15 Å². The number of carbonyl (C=O) groups is 1. The average Bonchev–Trinajstić information content (AvgIpc) is 2.84. The predicted octanol–water partition coefficient (Wildman–Crippen LogP) is 2.50. The lowest BCUT2D eigenvalue weighted by Gasteiger charge is -1.97. The zero-order valence-electron chi connectivity index (χ0n) is 8.31. The van der Waals surface area contributed by atoms with Crippen LogP contribution in [0.4, 0.5) is 0 Å². The molecule has 0 bridgehead atoms. The van der Waals surface area contributed by atoms with Crippen LogP contribution in [0.2, 0.25) is 0 Å². The minimum Gasteiger partial charge on any atom is -0.464 e. The van der Waals surface area contributed by atoms with E-state index in [2.05, 4.69) is 9.72 Å². The second kappa shape index (κ2) is 3.86. The Morgan fingerprint density at radius 1 is 1.60 bits per heavy atom. The number of hydrogen-bond acceptors (Lipinski definition) is 5. The fraction of sp³-hybridized carbons (Fsp3) is 0.200. The quantitative estimate of drug-likeness (QED) is 0.734. The van der Waals surface area contributed by atoms with Crippen LogP contribution in [0, 0.1) is 6.92 Å². The molecule has 0 atom stereocenters. The summed E-state index contributed by atoms with van der Waals surface area (Å²) in [5.74, 6) is 0.000833. The van der Waals surface area contributed by atoms with Crippen molar-refractivity contribution in [3.8, 4) is 10.6 Å². The summed E-state index contributed by atoms with van der Waals surface area (Å²) in [6.07, 6.45) is 1.25. The maximum atomic E-state index is 11.4. The van der Waals surface area contributed by atoms with Crippen molar-refractivity contribution in [1.29, 1.82) is 0 Å². The molecule has 0 saturated carbocycles. The normalized spacial score (nSPS) is 10.3. The van der Waals surface area contributed by atoms with Gasteiger partial charge in [-0.2, -0.15) is 0 Å². The van der Waals surface area contributed by atoms with E-state index < -0.39 is 5.97 Å². The SMILES string of the molecule is COC(=O)c1ncoc1-c1sccc1C. The third-order valence-electron chi connectivity index (χ3n) is 2.01. The molecule has 0 saturated heterocycles. The molecular formula is C10H9NO3S. The van der Waals surface area contributed by atoms with E-state index in [1.807, 2.05) is 18.4 Å². The molecule has 2 aromatic rings. The third-order valence-corrected chi connectivity index (χ3v) is 3.03. The first-order valence-corrected chi connectivity index (χ1v) is 5.18. The van der Waals surface area contributed by atoms with Crippen LogP contribution in [0.25, 0.3) is 10.6 Å². The number of ether oxygens (including phenoxy) is 1. The number of methoxy groups -OCH3 is 1. The van der Waals surface area contributed by atoms with Crippen molar-refractivity contribution < 1.29 is 13.9 Å². The molecule has 0 fully saturated rings. The van der Waals surface area contributed by atoms with Crippen molar-refractivity contribution in [2.24, 2.45) is 0 Å². The molecule has 78 valence electrons. The first-order valence-electron chi connectivity index (χ1n) is 4.30. The molecular weight excluding hydrogens is 214 g/mol. The lowest BCUT2D eigenvalue weighted by atomic mass is 10.2. The van der Waals surface area contributed by atoms with Gasteiger partial charge in [0.25, 0.3) is 0 Å². The van der Waals surface area contributed by atoms with Gasteiger partial charge in [0.1, 0.15) is 0 Å². The molecule has 0 aliphatic carbocycles. The molecule has 2 aromatic heterocycles. The zero-order valence-corrected chi connectivity index (χ0v) is 9.13. The number of thiophene rings is 1. The summed E-state index contributed by atoms with van der Waals surface area (Å²) in [6, 6.07) is 1.96. The summed E-state index contributed by atoms with van der Waals surface area (Å²) in [7, 11) is 1.32. The van der Waals surface area contributed by atoms with Crippen molar-refractivity contribution >= 4 is 17.3 Å². The number of esters is 1. The van der Waals surface area contributed by atoms with Crippen molar-refractivity contribution in [2.75, 3.05) is 7.11 Å². The Hall–Kier alpha value is -1.62. The van der Waals surface area contributed by atoms with Crippen LogP contribution in [-0.4, -0.2) is 18.1 Å². The van der Waals surface area contributed by atoms with Gasteiger partial charge in [-0.15, -0.1) is 11.3 Å². The van der Waals surface area contributed by atoms with Gasteiger partial charge >= 0.3 is 5.97 Å². The van der Waals surface area contributed by atoms with Crippen LogP contribution in [0.5, 0.6) is 0 Å². The number of hydrogen-bond donors (Lipinski definition) is 0. The van der Waals surface area contributed by atoms with Crippen molar-refractivity contribution in [3.63, 3.8) is 0 Å². The van der Waals surface area contributed by atoms with Gasteiger partial charge in [0, 0.05) is 0 Å². The van der Waals surface area contributed by atoms with Crippen LogP contribution in [0.3, 0.4) is 0 Å². The second-order valence-corrected chi connectivity index (χ2v) is 3.87. The highest BCUT2D eigenvalue weighted by Crippen LogP contribution is 2.31. The summed E-state index contributed by atoms with van der Waals surface area (Å²) in [6.45, 7) is 1.95. The van der Waals surface area contributed by atoms with E-state index in [0.717, 1.165) is 10.4 Å². The van der Waals surface area contributed by atoms with Gasteiger partial charge in [0.2, 0.25) is 0 Å². The summed E-state index contributed by atoms with van der Waals surface area (Å²) in [5, 5.41) is 1.94. The Labute approximate surface area is 90.5 Å². The van der Waals surface area contributed by atoms with Gasteiger partial charge in [0.15, 0.2) is 17.8 Å². The molecule has 0 aliphatic rings. The summed E-state index contributed by atoms with van der Waals surface area (Å²) >= 11 is 1.51. The summed E-state index contributed by atoms with van der Waals surface area (Å²) < 4.78 is 9.83. The monoisotopic (exact) mass is 223 g/mol. The first kappa shape index (κ1) is 9.92. The Kier molecular flexibility index (Phi) is 2.55. The molecule has 0 radical (unpaired) electrons. The number of aromatic nitrogens is 1. The first-order chi connectivity index (χ1) is 7.24. The third kappa shape index (κ3) is 1.66. The van der Waals surface area contributed by atoms with E-state index in [4.69, 9.17) is 4.42 Å². The van der Waals surface area contributed by atoms with Crippen molar-refractivity contribution in [1.82, 2.24) is 4.98 Å². The maximum absolute atomic E-state index is 11.4. The number of oxazole rings is 1. The minimum atomic E-state index is -0.480. The molecule has 2 heterocycles. The molecule has 15 heavy (non-hydrogen) atoms. The Morgan fingerprint density at radius 2 is 2.40 bits per heavy atom. The predicted molar refractivity (Wildman–Crippen MR) is 55.9 cm³/mol. The second-order valence-electron chi connectivity index (χ2n) is 2.95. The summed E-state index contributed by atoms with van der Waals surface area (Å²) in [5.41, 5.74) is 1.28. The highest BCUT2D eigenvalue weighted by molar-refractivity contribution is 7.13. The lowest BCUT2D eigenvalue weighted by Crippen LogP contribution is -2.02. The highest BCUT2D eigenvalue weighted by atomic mass is 32.1. The van der Waals surface area contributed by atoms with E-state index in [9.17, 15) is 4.79 Å². The Bertz CT molecular complexity index is 486. The molecule has 0 amide bonds. The largest absolute Gasteiger partial charge is 0.464 e. The zero-order chi connectivity index (χ0) is 10.8. The molecule has 4 nitrogen and oxygen atoms in total.